The van der Waals surface area contributed by atoms with Crippen molar-refractivity contribution in [2.45, 2.75) is 6.10 Å². The number of hydrogen-bond donors (Lipinski definition) is 2. The van der Waals surface area contributed by atoms with Crippen LogP contribution in [0.5, 0.6) is 5.75 Å². The van der Waals surface area contributed by atoms with E-state index in [-0.39, 0.29) is 41.6 Å². The van der Waals surface area contributed by atoms with Crippen molar-refractivity contribution in [2.24, 2.45) is 0 Å². The van der Waals surface area contributed by atoms with Crippen LogP contribution in [0.1, 0.15) is 0 Å². The number of halogens is 1. The van der Waals surface area contributed by atoms with Crippen molar-refractivity contribution < 1.29 is 17.5 Å². The molecular formula is C25H23FN8O4S. The first-order valence-electron chi connectivity index (χ1n) is 11.9. The Morgan fingerprint density at radius 2 is 1.90 bits per heavy atom. The number of para-hydroxylation sites is 3. The van der Waals surface area contributed by atoms with Crippen LogP contribution in [0.25, 0.3) is 27.6 Å². The topological polar surface area (TPSA) is 152 Å². The number of rotatable bonds is 5. The lowest BCUT2D eigenvalue weighted by Crippen LogP contribution is -2.47. The summed E-state index contributed by atoms with van der Waals surface area (Å²) < 4.78 is 48.4. The van der Waals surface area contributed by atoms with Crippen LogP contribution >= 0.6 is 0 Å². The number of H-pyrrole nitrogens is 1. The lowest BCUT2D eigenvalue weighted by Gasteiger charge is -2.36. The van der Waals surface area contributed by atoms with Crippen molar-refractivity contribution in [3.05, 3.63) is 70.9 Å². The summed E-state index contributed by atoms with van der Waals surface area (Å²) in [6, 6.07) is 12.8. The molecule has 0 fully saturated rings. The monoisotopic (exact) mass is 550 g/mol. The summed E-state index contributed by atoms with van der Waals surface area (Å²) in [6.07, 6.45) is 2.10. The fourth-order valence-corrected chi connectivity index (χ4v) is 5.73. The molecule has 6 rings (SSSR count). The predicted octanol–water partition coefficient (Wildman–Crippen LogP) is 2.04. The minimum atomic E-state index is -3.55. The predicted molar refractivity (Wildman–Crippen MR) is 145 cm³/mol. The Balaban J connectivity index is 1.43. The van der Waals surface area contributed by atoms with Crippen LogP contribution in [0.3, 0.4) is 0 Å². The van der Waals surface area contributed by atoms with Crippen molar-refractivity contribution >= 4 is 49.4 Å². The van der Waals surface area contributed by atoms with E-state index >= 15 is 0 Å². The summed E-state index contributed by atoms with van der Waals surface area (Å²) in [5.41, 5.74) is 6.32. The first-order chi connectivity index (χ1) is 18.6. The highest BCUT2D eigenvalue weighted by molar-refractivity contribution is 7.92. The number of likely N-dealkylation sites (N-methyl/N-ethyl adjacent to an activating group) is 1. The summed E-state index contributed by atoms with van der Waals surface area (Å²) >= 11 is 0. The molecule has 0 saturated heterocycles. The summed E-state index contributed by atoms with van der Waals surface area (Å²) in [5, 5.41) is 7.22. The summed E-state index contributed by atoms with van der Waals surface area (Å²) in [6.45, 7) is 0.302. The second-order valence-electron chi connectivity index (χ2n) is 9.24. The molecule has 0 saturated carbocycles. The summed E-state index contributed by atoms with van der Waals surface area (Å²) in [5.74, 6) is 0.0196. The number of sulfonamides is 1. The number of aromatic nitrogens is 5. The van der Waals surface area contributed by atoms with E-state index in [2.05, 4.69) is 20.2 Å². The van der Waals surface area contributed by atoms with Crippen molar-refractivity contribution in [1.82, 2.24) is 24.7 Å². The molecule has 1 unspecified atom stereocenters. The third-order valence-electron chi connectivity index (χ3n) is 6.56. The second kappa shape index (κ2) is 8.94. The molecule has 5 aromatic rings. The third kappa shape index (κ3) is 4.09. The quantitative estimate of drug-likeness (QED) is 0.335. The maximum atomic E-state index is 14.9. The number of aromatic amines is 1. The average molecular weight is 551 g/mol. The Hall–Kier alpha value is -4.72. The molecule has 0 spiro atoms. The molecule has 0 aliphatic carbocycles. The minimum absolute atomic E-state index is 0.00156. The van der Waals surface area contributed by atoms with Crippen LogP contribution in [-0.2, 0) is 10.0 Å². The van der Waals surface area contributed by atoms with Crippen molar-refractivity contribution in [2.75, 3.05) is 41.3 Å². The molecule has 12 nitrogen and oxygen atoms in total. The van der Waals surface area contributed by atoms with Gasteiger partial charge >= 0.3 is 0 Å². The van der Waals surface area contributed by atoms with E-state index in [1.165, 1.54) is 28.7 Å². The van der Waals surface area contributed by atoms with E-state index in [9.17, 15) is 17.6 Å². The lowest BCUT2D eigenvalue weighted by atomic mass is 10.2. The van der Waals surface area contributed by atoms with Crippen LogP contribution in [0.15, 0.2) is 59.5 Å². The maximum absolute atomic E-state index is 14.9. The maximum Gasteiger partial charge on any atom is 0.270 e. The van der Waals surface area contributed by atoms with E-state index < -0.39 is 27.5 Å². The van der Waals surface area contributed by atoms with E-state index in [0.717, 1.165) is 10.8 Å². The first kappa shape index (κ1) is 24.6. The fourth-order valence-electron chi connectivity index (χ4n) is 4.79. The zero-order valence-electron chi connectivity index (χ0n) is 20.9. The van der Waals surface area contributed by atoms with Crippen molar-refractivity contribution in [3.63, 3.8) is 0 Å². The van der Waals surface area contributed by atoms with E-state index in [1.54, 1.807) is 42.3 Å². The van der Waals surface area contributed by atoms with Crippen LogP contribution in [0, 0.1) is 5.82 Å². The molecule has 200 valence electrons. The molecule has 3 aromatic heterocycles. The Labute approximate surface area is 221 Å². The van der Waals surface area contributed by atoms with E-state index in [1.807, 2.05) is 0 Å². The summed E-state index contributed by atoms with van der Waals surface area (Å²) in [4.78, 5) is 24.3. The number of nitrogen functional groups attached to an aromatic ring is 1. The normalized spacial score (nSPS) is 15.4. The number of pyridine rings is 1. The Morgan fingerprint density at radius 1 is 1.18 bits per heavy atom. The zero-order chi connectivity index (χ0) is 27.5. The number of ether oxygens (including phenoxy) is 1. The molecule has 39 heavy (non-hydrogen) atoms. The van der Waals surface area contributed by atoms with Gasteiger partial charge in [-0.3, -0.25) is 18.8 Å². The SMILES string of the molecule is CN(CC1CN(S(C)(=O)=O)c2ccccc2O1)c1ncc2c3[nH]nc(N)c3c(=O)n(-c3ccccc3F)c2n1. The number of nitrogens with one attached hydrogen (secondary N) is 1. The van der Waals surface area contributed by atoms with Gasteiger partial charge in [-0.1, -0.05) is 24.3 Å². The van der Waals surface area contributed by atoms with Crippen LogP contribution < -0.4 is 25.2 Å². The van der Waals surface area contributed by atoms with Crippen molar-refractivity contribution in [3.8, 4) is 11.4 Å². The number of nitrogens with two attached hydrogens (primary N) is 1. The highest BCUT2D eigenvalue weighted by Gasteiger charge is 2.32. The molecule has 2 aromatic carbocycles. The van der Waals surface area contributed by atoms with Gasteiger partial charge in [0.15, 0.2) is 11.5 Å². The molecule has 14 heteroatoms. The van der Waals surface area contributed by atoms with Gasteiger partial charge in [-0.2, -0.15) is 10.1 Å². The van der Waals surface area contributed by atoms with Gasteiger partial charge in [0.25, 0.3) is 5.56 Å². The smallest absolute Gasteiger partial charge is 0.270 e. The standard InChI is InChI=1S/C25H23FN8O4S/c1-32(12-14-13-33(39(2,36)37)18-9-5-6-10-19(18)38-14)25-28-11-15-21-20(22(27)31-30-21)24(35)34(23(15)29-25)17-8-4-3-7-16(17)26/h3-11,14H,12-13H2,1-2H3,(H3,27,30,31). The zero-order valence-corrected chi connectivity index (χ0v) is 21.7. The van der Waals surface area contributed by atoms with Gasteiger partial charge in [-0.25, -0.2) is 17.8 Å². The number of benzene rings is 2. The van der Waals surface area contributed by atoms with Gasteiger partial charge in [0, 0.05) is 13.2 Å². The van der Waals surface area contributed by atoms with Gasteiger partial charge in [0.1, 0.15) is 23.1 Å². The highest BCUT2D eigenvalue weighted by Crippen LogP contribution is 2.35. The molecule has 0 amide bonds. The molecular weight excluding hydrogens is 527 g/mol. The van der Waals surface area contributed by atoms with E-state index in [0.29, 0.717) is 22.3 Å². The van der Waals surface area contributed by atoms with E-state index in [4.69, 9.17) is 10.5 Å². The van der Waals surface area contributed by atoms with Gasteiger partial charge in [-0.05, 0) is 24.3 Å². The van der Waals surface area contributed by atoms with Crippen molar-refractivity contribution in [1.29, 1.82) is 0 Å². The molecule has 1 aliphatic heterocycles. The number of hydrogen-bond acceptors (Lipinski definition) is 9. The second-order valence-corrected chi connectivity index (χ2v) is 11.1. The minimum Gasteiger partial charge on any atom is -0.484 e. The summed E-state index contributed by atoms with van der Waals surface area (Å²) in [7, 11) is -1.84. The van der Waals surface area contributed by atoms with Gasteiger partial charge in [0.05, 0.1) is 41.6 Å². The number of nitrogens with zero attached hydrogens (tertiary/aromatic N) is 6. The molecule has 4 heterocycles. The lowest BCUT2D eigenvalue weighted by molar-refractivity contribution is 0.205. The largest absolute Gasteiger partial charge is 0.484 e. The molecule has 3 N–H and O–H groups in total. The number of anilines is 3. The Kier molecular flexibility index (Phi) is 5.64. The van der Waals surface area contributed by atoms with Crippen LogP contribution in [0.4, 0.5) is 21.8 Å². The first-order valence-corrected chi connectivity index (χ1v) is 13.7. The molecule has 1 aliphatic rings. The van der Waals surface area contributed by atoms with Gasteiger partial charge in [-0.15, -0.1) is 0 Å². The average Bonchev–Trinajstić information content (AvgIpc) is 3.30. The van der Waals surface area contributed by atoms with Gasteiger partial charge in [0.2, 0.25) is 16.0 Å². The highest BCUT2D eigenvalue weighted by atomic mass is 32.2. The molecule has 1 atom stereocenters. The Bertz CT molecular complexity index is 1920. The van der Waals surface area contributed by atoms with Gasteiger partial charge < -0.3 is 15.4 Å². The fraction of sp³-hybridized carbons (Fsp3) is 0.200. The number of fused-ring (bicyclic) bond motifs is 4. The molecule has 0 radical (unpaired) electrons. The third-order valence-corrected chi connectivity index (χ3v) is 7.70. The molecule has 0 bridgehead atoms. The Morgan fingerprint density at radius 3 is 2.64 bits per heavy atom. The van der Waals surface area contributed by atoms with Crippen LogP contribution in [0.2, 0.25) is 0 Å². The van der Waals surface area contributed by atoms with Crippen LogP contribution in [-0.4, -0.2) is 65.6 Å².